The minimum absolute atomic E-state index is 0.601. The van der Waals surface area contributed by atoms with E-state index in [0.29, 0.717) is 6.61 Å². The predicted octanol–water partition coefficient (Wildman–Crippen LogP) is 6.84. The molecule has 0 radical (unpaired) electrons. The van der Waals surface area contributed by atoms with Crippen LogP contribution >= 0.6 is 0 Å². The smallest absolute Gasteiger partial charge is 0.138 e. The van der Waals surface area contributed by atoms with E-state index < -0.39 is 0 Å². The number of fused-ring (bicyclic) bond motifs is 6. The molecule has 0 bridgehead atoms. The van der Waals surface area contributed by atoms with Gasteiger partial charge in [-0.2, -0.15) is 0 Å². The van der Waals surface area contributed by atoms with Crippen LogP contribution in [0.2, 0.25) is 0 Å². The van der Waals surface area contributed by atoms with Gasteiger partial charge in [0.2, 0.25) is 0 Å². The van der Waals surface area contributed by atoms with Crippen LogP contribution in [0.3, 0.4) is 0 Å². The van der Waals surface area contributed by atoms with Gasteiger partial charge in [0, 0.05) is 39.0 Å². The number of para-hydroxylation sites is 3. The van der Waals surface area contributed by atoms with Crippen LogP contribution in [-0.4, -0.2) is 11.6 Å². The van der Waals surface area contributed by atoms with Crippen LogP contribution in [0.25, 0.3) is 43.7 Å². The first-order valence-electron chi connectivity index (χ1n) is 9.89. The molecule has 29 heavy (non-hydrogen) atoms. The maximum atomic E-state index is 6.12. The molecule has 0 atom stereocenters. The van der Waals surface area contributed by atoms with E-state index in [1.807, 2.05) is 30.3 Å². The molecule has 0 amide bonds. The molecule has 4 aromatic carbocycles. The fourth-order valence-corrected chi connectivity index (χ4v) is 4.20. The molecule has 6 aromatic rings. The Kier molecular flexibility index (Phi) is 3.60. The number of ether oxygens (including phenoxy) is 1. The van der Waals surface area contributed by atoms with E-state index in [-0.39, 0.29) is 0 Å². The van der Waals surface area contributed by atoms with Crippen molar-refractivity contribution in [3.63, 3.8) is 0 Å². The molecular weight excluding hydrogens is 358 g/mol. The SMILES string of the molecule is c1ccc2c(c1)[nH]c1ccc(OCCc3cccc4c3oc3ccccc34)cc12. The zero-order valence-corrected chi connectivity index (χ0v) is 15.8. The third-order valence-corrected chi connectivity index (χ3v) is 5.60. The van der Waals surface area contributed by atoms with Gasteiger partial charge >= 0.3 is 0 Å². The van der Waals surface area contributed by atoms with Crippen LogP contribution in [0, 0.1) is 0 Å². The summed E-state index contributed by atoms with van der Waals surface area (Å²) >= 11 is 0. The summed E-state index contributed by atoms with van der Waals surface area (Å²) in [7, 11) is 0. The number of aromatic nitrogens is 1. The normalized spacial score (nSPS) is 11.7. The lowest BCUT2D eigenvalue weighted by molar-refractivity contribution is 0.322. The van der Waals surface area contributed by atoms with E-state index in [9.17, 15) is 0 Å². The van der Waals surface area contributed by atoms with Crippen LogP contribution < -0.4 is 4.74 Å². The highest BCUT2D eigenvalue weighted by molar-refractivity contribution is 6.07. The Balaban J connectivity index is 1.28. The van der Waals surface area contributed by atoms with Crippen molar-refractivity contribution in [1.82, 2.24) is 4.98 Å². The first kappa shape index (κ1) is 16.3. The maximum absolute atomic E-state index is 6.12. The lowest BCUT2D eigenvalue weighted by Gasteiger charge is -2.07. The van der Waals surface area contributed by atoms with E-state index in [2.05, 4.69) is 59.6 Å². The number of H-pyrrole nitrogens is 1. The van der Waals surface area contributed by atoms with Gasteiger partial charge in [0.15, 0.2) is 0 Å². The van der Waals surface area contributed by atoms with Crippen molar-refractivity contribution in [3.8, 4) is 5.75 Å². The Labute approximate surface area is 167 Å². The summed E-state index contributed by atoms with van der Waals surface area (Å²) in [5.74, 6) is 0.888. The fourth-order valence-electron chi connectivity index (χ4n) is 4.20. The van der Waals surface area contributed by atoms with Crippen LogP contribution in [0.5, 0.6) is 5.75 Å². The average molecular weight is 377 g/mol. The van der Waals surface area contributed by atoms with Crippen molar-refractivity contribution in [3.05, 3.63) is 90.5 Å². The second kappa shape index (κ2) is 6.42. The van der Waals surface area contributed by atoms with Crippen LogP contribution in [0.4, 0.5) is 0 Å². The Hall–Kier alpha value is -3.72. The molecule has 2 aromatic heterocycles. The zero-order chi connectivity index (χ0) is 19.2. The van der Waals surface area contributed by atoms with Crippen molar-refractivity contribution < 1.29 is 9.15 Å². The summed E-state index contributed by atoms with van der Waals surface area (Å²) in [4.78, 5) is 3.45. The molecule has 0 aliphatic heterocycles. The Morgan fingerprint density at radius 1 is 0.690 bits per heavy atom. The molecule has 0 fully saturated rings. The quantitative estimate of drug-likeness (QED) is 0.365. The standard InChI is InChI=1S/C26H19NO2/c1-3-10-23-19(7-1)22-16-18(12-13-24(22)27-23)28-15-14-17-6-5-9-21-20-8-2-4-11-25(20)29-26(17)21/h1-13,16,27H,14-15H2. The van der Waals surface area contributed by atoms with Gasteiger partial charge in [-0.3, -0.25) is 0 Å². The third kappa shape index (κ3) is 2.66. The molecule has 0 saturated carbocycles. The molecule has 0 aliphatic carbocycles. The Morgan fingerprint density at radius 2 is 1.48 bits per heavy atom. The molecule has 0 saturated heterocycles. The predicted molar refractivity (Wildman–Crippen MR) is 119 cm³/mol. The molecule has 0 aliphatic rings. The molecule has 3 nitrogen and oxygen atoms in total. The number of rotatable bonds is 4. The molecule has 0 spiro atoms. The summed E-state index contributed by atoms with van der Waals surface area (Å²) in [5, 5.41) is 4.74. The van der Waals surface area contributed by atoms with Crippen molar-refractivity contribution >= 4 is 43.7 Å². The highest BCUT2D eigenvalue weighted by atomic mass is 16.5. The second-order valence-electron chi connectivity index (χ2n) is 7.37. The third-order valence-electron chi connectivity index (χ3n) is 5.60. The highest BCUT2D eigenvalue weighted by Crippen LogP contribution is 2.31. The second-order valence-corrected chi connectivity index (χ2v) is 7.37. The number of hydrogen-bond acceptors (Lipinski definition) is 2. The largest absolute Gasteiger partial charge is 0.493 e. The lowest BCUT2D eigenvalue weighted by atomic mass is 10.1. The average Bonchev–Trinajstić information content (AvgIpc) is 3.32. The van der Waals surface area contributed by atoms with Crippen molar-refractivity contribution in [2.24, 2.45) is 0 Å². The Bertz CT molecular complexity index is 1490. The minimum atomic E-state index is 0.601. The molecular formula is C26H19NO2. The summed E-state index contributed by atoms with van der Waals surface area (Å²) in [6.45, 7) is 0.601. The van der Waals surface area contributed by atoms with Crippen molar-refractivity contribution in [2.75, 3.05) is 6.61 Å². The summed E-state index contributed by atoms with van der Waals surface area (Å²) in [6.07, 6.45) is 0.795. The Morgan fingerprint density at radius 3 is 2.45 bits per heavy atom. The van der Waals surface area contributed by atoms with Gasteiger partial charge in [0.1, 0.15) is 16.9 Å². The van der Waals surface area contributed by atoms with Gasteiger partial charge in [-0.15, -0.1) is 0 Å². The van der Waals surface area contributed by atoms with Gasteiger partial charge in [-0.05, 0) is 35.9 Å². The first-order chi connectivity index (χ1) is 14.4. The monoisotopic (exact) mass is 377 g/mol. The van der Waals surface area contributed by atoms with E-state index in [1.54, 1.807) is 0 Å². The van der Waals surface area contributed by atoms with Gasteiger partial charge < -0.3 is 14.1 Å². The molecule has 2 heterocycles. The summed E-state index contributed by atoms with van der Waals surface area (Å²) < 4.78 is 12.2. The fraction of sp³-hybridized carbons (Fsp3) is 0.0769. The van der Waals surface area contributed by atoms with E-state index in [0.717, 1.165) is 39.8 Å². The number of hydrogen-bond donors (Lipinski definition) is 1. The van der Waals surface area contributed by atoms with Crippen molar-refractivity contribution in [2.45, 2.75) is 6.42 Å². The maximum Gasteiger partial charge on any atom is 0.138 e. The van der Waals surface area contributed by atoms with Crippen molar-refractivity contribution in [1.29, 1.82) is 0 Å². The number of furan rings is 1. The number of benzene rings is 4. The van der Waals surface area contributed by atoms with E-state index in [1.165, 1.54) is 21.7 Å². The molecule has 3 heteroatoms. The lowest BCUT2D eigenvalue weighted by Crippen LogP contribution is -2.01. The van der Waals surface area contributed by atoms with Gasteiger partial charge in [0.25, 0.3) is 0 Å². The zero-order valence-electron chi connectivity index (χ0n) is 15.8. The van der Waals surface area contributed by atoms with Gasteiger partial charge in [0.05, 0.1) is 6.61 Å². The molecule has 0 unspecified atom stereocenters. The van der Waals surface area contributed by atoms with Crippen LogP contribution in [-0.2, 0) is 6.42 Å². The van der Waals surface area contributed by atoms with E-state index >= 15 is 0 Å². The molecule has 140 valence electrons. The highest BCUT2D eigenvalue weighted by Gasteiger charge is 2.10. The number of nitrogens with one attached hydrogen (secondary N) is 1. The van der Waals surface area contributed by atoms with Gasteiger partial charge in [-0.25, -0.2) is 0 Å². The van der Waals surface area contributed by atoms with Crippen LogP contribution in [0.15, 0.2) is 89.3 Å². The topological polar surface area (TPSA) is 38.2 Å². The van der Waals surface area contributed by atoms with Crippen LogP contribution in [0.1, 0.15) is 5.56 Å². The summed E-state index contributed by atoms with van der Waals surface area (Å²) in [5.41, 5.74) is 5.35. The van der Waals surface area contributed by atoms with E-state index in [4.69, 9.17) is 9.15 Å². The molecule has 6 rings (SSSR count). The van der Waals surface area contributed by atoms with Gasteiger partial charge in [-0.1, -0.05) is 54.6 Å². The number of aromatic amines is 1. The summed E-state index contributed by atoms with van der Waals surface area (Å²) in [6, 6.07) is 29.1. The first-order valence-corrected chi connectivity index (χ1v) is 9.89. The minimum Gasteiger partial charge on any atom is -0.493 e. The molecule has 1 N–H and O–H groups in total.